The van der Waals surface area contributed by atoms with Gasteiger partial charge in [-0.3, -0.25) is 0 Å². The fourth-order valence-electron chi connectivity index (χ4n) is 1.81. The highest BCUT2D eigenvalue weighted by atomic mass is 79.9. The number of rotatable bonds is 4. The molecule has 0 unspecified atom stereocenters. The summed E-state index contributed by atoms with van der Waals surface area (Å²) in [4.78, 5) is 0. The van der Waals surface area contributed by atoms with Crippen LogP contribution in [0.25, 0.3) is 0 Å². The Bertz CT molecular complexity index is 584. The van der Waals surface area contributed by atoms with E-state index in [1.165, 1.54) is 0 Å². The van der Waals surface area contributed by atoms with E-state index in [4.69, 9.17) is 27.9 Å². The lowest BCUT2D eigenvalue weighted by molar-refractivity contribution is 0.302. The van der Waals surface area contributed by atoms with E-state index in [0.717, 1.165) is 27.8 Å². The molecule has 0 amide bonds. The Hall–Kier alpha value is -0.700. The van der Waals surface area contributed by atoms with Crippen LogP contribution in [0.2, 0.25) is 10.0 Å². The van der Waals surface area contributed by atoms with Crippen LogP contribution >= 0.6 is 39.1 Å². The number of alkyl halides is 1. The molecule has 0 atom stereocenters. The van der Waals surface area contributed by atoms with Crippen molar-refractivity contribution in [2.75, 3.05) is 0 Å². The number of benzene rings is 2. The maximum atomic E-state index is 6.14. The molecule has 1 nitrogen and oxygen atoms in total. The number of halogens is 3. The molecule has 0 aliphatic rings. The van der Waals surface area contributed by atoms with Crippen molar-refractivity contribution in [2.45, 2.75) is 18.9 Å². The maximum absolute atomic E-state index is 6.14. The van der Waals surface area contributed by atoms with Crippen LogP contribution in [0.1, 0.15) is 16.7 Å². The largest absolute Gasteiger partial charge is 0.488 e. The normalized spacial score (nSPS) is 10.5. The molecule has 0 aromatic heterocycles. The van der Waals surface area contributed by atoms with E-state index in [-0.39, 0.29) is 0 Å². The van der Waals surface area contributed by atoms with Gasteiger partial charge in [0.15, 0.2) is 0 Å². The number of hydrogen-bond acceptors (Lipinski definition) is 1. The standard InChI is InChI=1S/C15H13BrCl2O/c1-10-3-2-4-11(8-16)15(10)19-9-12-5-6-13(17)7-14(12)18/h2-7H,8-9H2,1H3. The summed E-state index contributed by atoms with van der Waals surface area (Å²) < 4.78 is 5.91. The summed E-state index contributed by atoms with van der Waals surface area (Å²) in [5.74, 6) is 0.908. The van der Waals surface area contributed by atoms with Crippen LogP contribution in [0, 0.1) is 6.92 Å². The molecule has 0 saturated heterocycles. The lowest BCUT2D eigenvalue weighted by Crippen LogP contribution is -2.00. The molecule has 0 aliphatic carbocycles. The second-order valence-electron chi connectivity index (χ2n) is 4.22. The van der Waals surface area contributed by atoms with E-state index in [1.807, 2.05) is 37.3 Å². The first kappa shape index (κ1) is 14.7. The topological polar surface area (TPSA) is 9.23 Å². The van der Waals surface area contributed by atoms with Crippen LogP contribution in [0.4, 0.5) is 0 Å². The molecule has 2 aromatic rings. The molecule has 2 rings (SSSR count). The minimum absolute atomic E-state index is 0.431. The number of ether oxygens (including phenoxy) is 1. The van der Waals surface area contributed by atoms with Gasteiger partial charge in [0, 0.05) is 26.5 Å². The number of aryl methyl sites for hydroxylation is 1. The summed E-state index contributed by atoms with van der Waals surface area (Å²) in [5, 5.41) is 2.02. The Morgan fingerprint density at radius 3 is 2.58 bits per heavy atom. The fraction of sp³-hybridized carbons (Fsp3) is 0.200. The predicted octanol–water partition coefficient (Wildman–Crippen LogP) is 5.78. The van der Waals surface area contributed by atoms with E-state index in [0.29, 0.717) is 16.7 Å². The van der Waals surface area contributed by atoms with Gasteiger partial charge in [0.25, 0.3) is 0 Å². The van der Waals surface area contributed by atoms with Gasteiger partial charge in [-0.25, -0.2) is 0 Å². The van der Waals surface area contributed by atoms with Crippen LogP contribution in [-0.4, -0.2) is 0 Å². The maximum Gasteiger partial charge on any atom is 0.126 e. The first-order valence-corrected chi connectivity index (χ1v) is 7.70. The van der Waals surface area contributed by atoms with Crippen molar-refractivity contribution < 1.29 is 4.74 Å². The summed E-state index contributed by atoms with van der Waals surface area (Å²) in [6, 6.07) is 11.5. The Balaban J connectivity index is 2.19. The van der Waals surface area contributed by atoms with Gasteiger partial charge in [-0.1, -0.05) is 63.4 Å². The van der Waals surface area contributed by atoms with E-state index < -0.39 is 0 Å². The second-order valence-corrected chi connectivity index (χ2v) is 5.63. The van der Waals surface area contributed by atoms with E-state index in [2.05, 4.69) is 15.9 Å². The zero-order valence-corrected chi connectivity index (χ0v) is 13.5. The lowest BCUT2D eigenvalue weighted by atomic mass is 10.1. The molecule has 2 aromatic carbocycles. The molecule has 0 N–H and O–H groups in total. The van der Waals surface area contributed by atoms with Crippen LogP contribution in [0.5, 0.6) is 5.75 Å². The van der Waals surface area contributed by atoms with E-state index in [1.54, 1.807) is 6.07 Å². The zero-order valence-electron chi connectivity index (χ0n) is 10.4. The molecule has 0 bridgehead atoms. The van der Waals surface area contributed by atoms with Crippen molar-refractivity contribution in [1.29, 1.82) is 0 Å². The zero-order chi connectivity index (χ0) is 13.8. The molecule has 0 aliphatic heterocycles. The smallest absolute Gasteiger partial charge is 0.126 e. The molecule has 0 radical (unpaired) electrons. The molecule has 100 valence electrons. The SMILES string of the molecule is Cc1cccc(CBr)c1OCc1ccc(Cl)cc1Cl. The summed E-state index contributed by atoms with van der Waals surface area (Å²) in [6.07, 6.45) is 0. The highest BCUT2D eigenvalue weighted by molar-refractivity contribution is 9.08. The molecule has 0 saturated carbocycles. The Kier molecular flexibility index (Phi) is 5.14. The summed E-state index contributed by atoms with van der Waals surface area (Å²) >= 11 is 15.5. The Morgan fingerprint density at radius 2 is 1.89 bits per heavy atom. The second kappa shape index (κ2) is 6.65. The third kappa shape index (κ3) is 3.65. The van der Waals surface area contributed by atoms with Crippen molar-refractivity contribution in [3.8, 4) is 5.75 Å². The van der Waals surface area contributed by atoms with Crippen molar-refractivity contribution in [1.82, 2.24) is 0 Å². The van der Waals surface area contributed by atoms with Crippen LogP contribution in [0.3, 0.4) is 0 Å². The van der Waals surface area contributed by atoms with Gasteiger partial charge in [-0.15, -0.1) is 0 Å². The van der Waals surface area contributed by atoms with Gasteiger partial charge in [0.2, 0.25) is 0 Å². The quantitative estimate of drug-likeness (QED) is 0.629. The van der Waals surface area contributed by atoms with E-state index in [9.17, 15) is 0 Å². The van der Waals surface area contributed by atoms with Gasteiger partial charge in [-0.2, -0.15) is 0 Å². The van der Waals surface area contributed by atoms with Gasteiger partial charge in [0.05, 0.1) is 0 Å². The average Bonchev–Trinajstić information content (AvgIpc) is 2.39. The van der Waals surface area contributed by atoms with Gasteiger partial charge in [-0.05, 0) is 24.6 Å². The Morgan fingerprint density at radius 1 is 1.11 bits per heavy atom. The molecule has 0 spiro atoms. The molecular formula is C15H13BrCl2O. The molecule has 0 fully saturated rings. The number of para-hydroxylation sites is 1. The third-order valence-corrected chi connectivity index (χ3v) is 4.02. The van der Waals surface area contributed by atoms with Crippen molar-refractivity contribution in [3.63, 3.8) is 0 Å². The first-order chi connectivity index (χ1) is 9.11. The molecule has 4 heteroatoms. The highest BCUT2D eigenvalue weighted by Crippen LogP contribution is 2.28. The summed E-state index contributed by atoms with van der Waals surface area (Å²) in [7, 11) is 0. The van der Waals surface area contributed by atoms with Crippen LogP contribution in [-0.2, 0) is 11.9 Å². The van der Waals surface area contributed by atoms with Crippen molar-refractivity contribution in [2.24, 2.45) is 0 Å². The third-order valence-electron chi connectivity index (χ3n) is 2.82. The number of hydrogen-bond donors (Lipinski definition) is 0. The summed E-state index contributed by atoms with van der Waals surface area (Å²) in [5.41, 5.74) is 3.17. The van der Waals surface area contributed by atoms with Crippen LogP contribution in [0.15, 0.2) is 36.4 Å². The summed E-state index contributed by atoms with van der Waals surface area (Å²) in [6.45, 7) is 2.46. The van der Waals surface area contributed by atoms with Crippen LogP contribution < -0.4 is 4.74 Å². The predicted molar refractivity (Wildman–Crippen MR) is 84.6 cm³/mol. The lowest BCUT2D eigenvalue weighted by Gasteiger charge is -2.13. The fourth-order valence-corrected chi connectivity index (χ4v) is 2.72. The minimum Gasteiger partial charge on any atom is -0.488 e. The molecule has 0 heterocycles. The van der Waals surface area contributed by atoms with Crippen molar-refractivity contribution >= 4 is 39.1 Å². The van der Waals surface area contributed by atoms with Gasteiger partial charge < -0.3 is 4.74 Å². The monoisotopic (exact) mass is 358 g/mol. The first-order valence-electron chi connectivity index (χ1n) is 5.83. The van der Waals surface area contributed by atoms with Gasteiger partial charge >= 0.3 is 0 Å². The molecule has 19 heavy (non-hydrogen) atoms. The average molecular weight is 360 g/mol. The highest BCUT2D eigenvalue weighted by Gasteiger charge is 2.08. The molecular weight excluding hydrogens is 347 g/mol. The minimum atomic E-state index is 0.431. The van der Waals surface area contributed by atoms with E-state index >= 15 is 0 Å². The van der Waals surface area contributed by atoms with Crippen molar-refractivity contribution in [3.05, 3.63) is 63.1 Å². The van der Waals surface area contributed by atoms with Gasteiger partial charge in [0.1, 0.15) is 12.4 Å². The Labute approximate surface area is 131 Å².